The lowest BCUT2D eigenvalue weighted by Crippen LogP contribution is -2.40. The first kappa shape index (κ1) is 26.4. The molecule has 14 nitrogen and oxygen atoms in total. The molecule has 0 aliphatic carbocycles. The molecule has 1 fully saturated rings. The number of urea groups is 1. The van der Waals surface area contributed by atoms with Crippen LogP contribution < -0.4 is 10.6 Å². The van der Waals surface area contributed by atoms with Crippen molar-refractivity contribution in [3.63, 3.8) is 0 Å². The predicted molar refractivity (Wildman–Crippen MR) is 126 cm³/mol. The van der Waals surface area contributed by atoms with Crippen LogP contribution in [-0.2, 0) is 33.3 Å². The van der Waals surface area contributed by atoms with Crippen molar-refractivity contribution >= 4 is 46.6 Å². The van der Waals surface area contributed by atoms with E-state index >= 15 is 0 Å². The van der Waals surface area contributed by atoms with E-state index < -0.39 is 54.3 Å². The van der Waals surface area contributed by atoms with Crippen molar-refractivity contribution in [2.24, 2.45) is 0 Å². The fraction of sp³-hybridized carbons (Fsp3) is 0.348. The van der Waals surface area contributed by atoms with Gasteiger partial charge in [-0.3, -0.25) is 24.3 Å². The summed E-state index contributed by atoms with van der Waals surface area (Å²) in [5.41, 5.74) is 0.551. The molecule has 3 heterocycles. The quantitative estimate of drug-likeness (QED) is 0.337. The Morgan fingerprint density at radius 3 is 2.42 bits per heavy atom. The average molecular weight is 530 g/mol. The number of hydrogen-bond acceptors (Lipinski definition) is 11. The summed E-state index contributed by atoms with van der Waals surface area (Å²) in [4.78, 5) is 60.0. The number of carbonyl (C=O) groups is 4. The van der Waals surface area contributed by atoms with Gasteiger partial charge >= 0.3 is 23.9 Å². The molecule has 0 unspecified atom stereocenters. The molecule has 4 atom stereocenters. The number of nitrogens with zero attached hydrogens (tertiary/aromatic N) is 4. The minimum atomic E-state index is -1.16. The first-order chi connectivity index (χ1) is 18.1. The Bertz CT molecular complexity index is 1380. The van der Waals surface area contributed by atoms with Crippen molar-refractivity contribution < 1.29 is 42.5 Å². The third-order valence-corrected chi connectivity index (χ3v) is 5.29. The van der Waals surface area contributed by atoms with Crippen LogP contribution in [0.4, 0.5) is 20.7 Å². The van der Waals surface area contributed by atoms with E-state index in [-0.39, 0.29) is 29.3 Å². The van der Waals surface area contributed by atoms with Crippen LogP contribution in [0.25, 0.3) is 11.2 Å². The Morgan fingerprint density at radius 1 is 1.00 bits per heavy atom. The van der Waals surface area contributed by atoms with Gasteiger partial charge in [-0.25, -0.2) is 24.1 Å². The highest BCUT2D eigenvalue weighted by Crippen LogP contribution is 2.36. The highest BCUT2D eigenvalue weighted by atomic mass is 19.1. The third-order valence-electron chi connectivity index (χ3n) is 5.29. The molecule has 1 aliphatic rings. The molecule has 2 amide bonds. The normalized spacial score (nSPS) is 20.5. The van der Waals surface area contributed by atoms with Crippen molar-refractivity contribution in [1.29, 1.82) is 0 Å². The van der Waals surface area contributed by atoms with Crippen LogP contribution in [0, 0.1) is 5.82 Å². The Labute approximate surface area is 214 Å². The molecule has 2 N–H and O–H groups in total. The van der Waals surface area contributed by atoms with Crippen molar-refractivity contribution in [1.82, 2.24) is 19.5 Å². The summed E-state index contributed by atoms with van der Waals surface area (Å²) in [6.07, 6.45) is -1.88. The number of fused-ring (bicyclic) bond motifs is 1. The topological polar surface area (TPSA) is 173 Å². The number of carbonyl (C=O) groups excluding carboxylic acids is 4. The first-order valence-corrected chi connectivity index (χ1v) is 11.3. The lowest BCUT2D eigenvalue weighted by atomic mass is 10.1. The molecule has 1 aromatic carbocycles. The van der Waals surface area contributed by atoms with E-state index in [1.165, 1.54) is 49.9 Å². The number of imidazole rings is 1. The number of esters is 3. The molecule has 38 heavy (non-hydrogen) atoms. The van der Waals surface area contributed by atoms with Gasteiger partial charge in [0.1, 0.15) is 24.9 Å². The summed E-state index contributed by atoms with van der Waals surface area (Å²) < 4.78 is 36.7. The molecule has 1 saturated heterocycles. The van der Waals surface area contributed by atoms with Gasteiger partial charge in [0.2, 0.25) is 0 Å². The van der Waals surface area contributed by atoms with E-state index in [4.69, 9.17) is 18.9 Å². The number of aromatic nitrogens is 4. The standard InChI is InChI=1S/C23H23FN6O8/c1-11(31)35-8-16-18(36-12(2)32)19(37-13(3)33)22(38-16)30-10-27-17-20(25-9-26-21(17)30)29-23(34)28-15-6-4-5-14(24)7-15/h4-7,9-10,16,18-19,22H,8H2,1-3H3,(H2,25,26,28,29,34)/t16-,18-,19-,22-/m1/s1. The molecule has 0 spiro atoms. The molecule has 3 aromatic rings. The van der Waals surface area contributed by atoms with E-state index in [1.807, 2.05) is 0 Å². The molecule has 200 valence electrons. The SMILES string of the molecule is CC(=O)OC[C@H]1O[C@@H](n2cnc3c(NC(=O)Nc4cccc(F)c4)ncnc32)[C@H](OC(C)=O)[C@@H]1OC(C)=O. The number of rotatable bonds is 7. The molecular weight excluding hydrogens is 507 g/mol. The fourth-order valence-electron chi connectivity index (χ4n) is 3.88. The molecular formula is C23H23FN6O8. The lowest BCUT2D eigenvalue weighted by molar-refractivity contribution is -0.166. The number of amides is 2. The van der Waals surface area contributed by atoms with Gasteiger partial charge in [-0.05, 0) is 18.2 Å². The van der Waals surface area contributed by atoms with Crippen LogP contribution in [0.5, 0.6) is 0 Å². The second-order valence-corrected chi connectivity index (χ2v) is 8.15. The van der Waals surface area contributed by atoms with Crippen molar-refractivity contribution in [3.05, 3.63) is 42.7 Å². The molecule has 0 saturated carbocycles. The van der Waals surface area contributed by atoms with Crippen LogP contribution in [0.1, 0.15) is 27.0 Å². The highest BCUT2D eigenvalue weighted by Gasteiger charge is 2.51. The second-order valence-electron chi connectivity index (χ2n) is 8.15. The summed E-state index contributed by atoms with van der Waals surface area (Å²) in [5.74, 6) is -2.43. The van der Waals surface area contributed by atoms with Crippen LogP contribution in [-0.4, -0.2) is 68.4 Å². The number of halogens is 1. The number of nitrogens with one attached hydrogen (secondary N) is 2. The van der Waals surface area contributed by atoms with Gasteiger partial charge in [0, 0.05) is 26.5 Å². The lowest BCUT2D eigenvalue weighted by Gasteiger charge is -2.23. The number of hydrogen-bond donors (Lipinski definition) is 2. The fourth-order valence-corrected chi connectivity index (χ4v) is 3.88. The Kier molecular flexibility index (Phi) is 7.76. The minimum Gasteiger partial charge on any atom is -0.463 e. The van der Waals surface area contributed by atoms with Gasteiger partial charge in [0.05, 0.1) is 6.33 Å². The van der Waals surface area contributed by atoms with Crippen molar-refractivity contribution in [3.8, 4) is 0 Å². The van der Waals surface area contributed by atoms with Crippen LogP contribution in [0.2, 0.25) is 0 Å². The summed E-state index contributed by atoms with van der Waals surface area (Å²) in [5, 5.41) is 5.01. The van der Waals surface area contributed by atoms with Gasteiger partial charge < -0.3 is 24.3 Å². The van der Waals surface area contributed by atoms with Crippen LogP contribution in [0.3, 0.4) is 0 Å². The van der Waals surface area contributed by atoms with Crippen molar-refractivity contribution in [2.45, 2.75) is 45.3 Å². The summed E-state index contributed by atoms with van der Waals surface area (Å²) in [6, 6.07) is 4.61. The number of anilines is 2. The molecule has 1 aliphatic heterocycles. The molecule has 4 rings (SSSR count). The van der Waals surface area contributed by atoms with E-state index in [0.717, 1.165) is 12.4 Å². The maximum atomic E-state index is 13.4. The zero-order valence-electron chi connectivity index (χ0n) is 20.4. The molecule has 0 radical (unpaired) electrons. The largest absolute Gasteiger partial charge is 0.463 e. The molecule has 0 bridgehead atoms. The minimum absolute atomic E-state index is 0.0256. The Morgan fingerprint density at radius 2 is 1.74 bits per heavy atom. The summed E-state index contributed by atoms with van der Waals surface area (Å²) in [7, 11) is 0. The number of benzene rings is 1. The first-order valence-electron chi connectivity index (χ1n) is 11.3. The van der Waals surface area contributed by atoms with Gasteiger partial charge in [-0.2, -0.15) is 0 Å². The molecule has 15 heteroatoms. The highest BCUT2D eigenvalue weighted by molar-refractivity contribution is 6.02. The van der Waals surface area contributed by atoms with Crippen LogP contribution >= 0.6 is 0 Å². The van der Waals surface area contributed by atoms with Gasteiger partial charge in [-0.15, -0.1) is 0 Å². The third kappa shape index (κ3) is 6.00. The molecule has 2 aromatic heterocycles. The number of ether oxygens (including phenoxy) is 4. The second kappa shape index (κ2) is 11.2. The average Bonchev–Trinajstić information content (AvgIpc) is 3.39. The Hall–Kier alpha value is -4.66. The van der Waals surface area contributed by atoms with E-state index in [1.54, 1.807) is 0 Å². The zero-order valence-corrected chi connectivity index (χ0v) is 20.4. The van der Waals surface area contributed by atoms with Gasteiger partial charge in [-0.1, -0.05) is 6.07 Å². The maximum Gasteiger partial charge on any atom is 0.324 e. The Balaban J connectivity index is 1.63. The van der Waals surface area contributed by atoms with Gasteiger partial charge in [0.15, 0.2) is 35.4 Å². The summed E-state index contributed by atoms with van der Waals surface area (Å²) >= 11 is 0. The van der Waals surface area contributed by atoms with E-state index in [2.05, 4.69) is 25.6 Å². The zero-order chi connectivity index (χ0) is 27.4. The maximum absolute atomic E-state index is 13.4. The predicted octanol–water partition coefficient (Wildman–Crippen LogP) is 1.93. The van der Waals surface area contributed by atoms with E-state index in [0.29, 0.717) is 0 Å². The van der Waals surface area contributed by atoms with Crippen LogP contribution in [0.15, 0.2) is 36.9 Å². The van der Waals surface area contributed by atoms with E-state index in [9.17, 15) is 23.6 Å². The smallest absolute Gasteiger partial charge is 0.324 e. The monoisotopic (exact) mass is 530 g/mol. The van der Waals surface area contributed by atoms with Gasteiger partial charge in [0.25, 0.3) is 0 Å². The van der Waals surface area contributed by atoms with Crippen molar-refractivity contribution in [2.75, 3.05) is 17.2 Å². The summed E-state index contributed by atoms with van der Waals surface area (Å²) in [6.45, 7) is 3.27.